The number of aliphatic carboxylic acids is 1. The predicted molar refractivity (Wildman–Crippen MR) is 50.6 cm³/mol. The second-order valence-electron chi connectivity index (χ2n) is 3.44. The van der Waals surface area contributed by atoms with Crippen LogP contribution in [0.1, 0.15) is 12.8 Å². The summed E-state index contributed by atoms with van der Waals surface area (Å²) in [6, 6.07) is -0.0659. The van der Waals surface area contributed by atoms with Crippen molar-refractivity contribution in [3.63, 3.8) is 0 Å². The van der Waals surface area contributed by atoms with E-state index < -0.39 is 5.97 Å². The Labute approximate surface area is 82.4 Å². The Bertz CT molecular complexity index is 275. The molecule has 5 heteroatoms. The number of likely N-dealkylation sites (N-methyl/N-ethyl adjacent to an activating group) is 1. The monoisotopic (exact) mass is 198 g/mol. The molecule has 0 radical (unpaired) electrons. The SMILES string of the molecule is C=C1NC(=O)CCC1N(C)CC(=O)O. The molecule has 1 unspecified atom stereocenters. The molecule has 0 saturated carbocycles. The first-order valence-corrected chi connectivity index (χ1v) is 4.41. The van der Waals surface area contributed by atoms with E-state index >= 15 is 0 Å². The van der Waals surface area contributed by atoms with Gasteiger partial charge in [0.05, 0.1) is 12.6 Å². The molecular weight excluding hydrogens is 184 g/mol. The third-order valence-electron chi connectivity index (χ3n) is 2.26. The van der Waals surface area contributed by atoms with Crippen LogP contribution in [0.25, 0.3) is 0 Å². The molecule has 78 valence electrons. The van der Waals surface area contributed by atoms with E-state index in [0.717, 1.165) is 0 Å². The zero-order valence-corrected chi connectivity index (χ0v) is 8.12. The molecular formula is C9H14N2O3. The number of hydrogen-bond donors (Lipinski definition) is 2. The van der Waals surface area contributed by atoms with E-state index in [1.807, 2.05) is 0 Å². The van der Waals surface area contributed by atoms with E-state index in [1.165, 1.54) is 0 Å². The summed E-state index contributed by atoms with van der Waals surface area (Å²) in [6.45, 7) is 3.67. The molecule has 5 nitrogen and oxygen atoms in total. The first-order valence-electron chi connectivity index (χ1n) is 4.41. The van der Waals surface area contributed by atoms with Gasteiger partial charge in [-0.1, -0.05) is 6.58 Å². The molecule has 1 atom stereocenters. The third kappa shape index (κ3) is 2.56. The summed E-state index contributed by atoms with van der Waals surface area (Å²) in [5.74, 6) is -0.924. The first-order chi connectivity index (χ1) is 6.50. The highest BCUT2D eigenvalue weighted by Gasteiger charge is 2.25. The summed E-state index contributed by atoms with van der Waals surface area (Å²) in [5.41, 5.74) is 0.588. The molecule has 1 amide bonds. The molecule has 0 aromatic heterocycles. The maximum absolute atomic E-state index is 11.0. The molecule has 1 heterocycles. The van der Waals surface area contributed by atoms with Crippen LogP contribution in [-0.2, 0) is 9.59 Å². The van der Waals surface area contributed by atoms with E-state index in [2.05, 4.69) is 11.9 Å². The minimum atomic E-state index is -0.878. The Balaban J connectivity index is 2.55. The average molecular weight is 198 g/mol. The van der Waals surface area contributed by atoms with Crippen molar-refractivity contribution in [2.45, 2.75) is 18.9 Å². The van der Waals surface area contributed by atoms with Crippen molar-refractivity contribution in [1.82, 2.24) is 10.2 Å². The summed E-state index contributed by atoms with van der Waals surface area (Å²) in [6.07, 6.45) is 1.06. The fraction of sp³-hybridized carbons (Fsp3) is 0.556. The maximum Gasteiger partial charge on any atom is 0.317 e. The smallest absolute Gasteiger partial charge is 0.317 e. The van der Waals surface area contributed by atoms with E-state index in [4.69, 9.17) is 5.11 Å². The van der Waals surface area contributed by atoms with E-state index in [0.29, 0.717) is 18.5 Å². The lowest BCUT2D eigenvalue weighted by Crippen LogP contribution is -2.45. The molecule has 14 heavy (non-hydrogen) atoms. The average Bonchev–Trinajstić information content (AvgIpc) is 2.01. The summed E-state index contributed by atoms with van der Waals surface area (Å²) in [7, 11) is 1.71. The lowest BCUT2D eigenvalue weighted by molar-refractivity contribution is -0.138. The molecule has 1 fully saturated rings. The van der Waals surface area contributed by atoms with Gasteiger partial charge in [-0.2, -0.15) is 0 Å². The van der Waals surface area contributed by atoms with E-state index in [9.17, 15) is 9.59 Å². The van der Waals surface area contributed by atoms with Gasteiger partial charge in [0.25, 0.3) is 0 Å². The van der Waals surface area contributed by atoms with Gasteiger partial charge in [-0.25, -0.2) is 0 Å². The van der Waals surface area contributed by atoms with Crippen LogP contribution in [0.4, 0.5) is 0 Å². The fourth-order valence-electron chi connectivity index (χ4n) is 1.58. The Kier molecular flexibility index (Phi) is 3.24. The van der Waals surface area contributed by atoms with Crippen LogP contribution in [0.3, 0.4) is 0 Å². The predicted octanol–water partition coefficient (Wildman–Crippen LogP) is -0.205. The van der Waals surface area contributed by atoms with Gasteiger partial charge in [-0.15, -0.1) is 0 Å². The van der Waals surface area contributed by atoms with Gasteiger partial charge in [0.1, 0.15) is 0 Å². The van der Waals surface area contributed by atoms with Crippen LogP contribution in [0.15, 0.2) is 12.3 Å². The highest BCUT2D eigenvalue weighted by molar-refractivity contribution is 5.79. The highest BCUT2D eigenvalue weighted by atomic mass is 16.4. The number of nitrogens with one attached hydrogen (secondary N) is 1. The lowest BCUT2D eigenvalue weighted by Gasteiger charge is -2.31. The number of carboxylic acid groups (broad SMARTS) is 1. The lowest BCUT2D eigenvalue weighted by atomic mass is 10.0. The van der Waals surface area contributed by atoms with E-state index in [1.54, 1.807) is 11.9 Å². The number of hydrogen-bond acceptors (Lipinski definition) is 3. The van der Waals surface area contributed by atoms with Crippen LogP contribution in [0.2, 0.25) is 0 Å². The van der Waals surface area contributed by atoms with Gasteiger partial charge >= 0.3 is 5.97 Å². The highest BCUT2D eigenvalue weighted by Crippen LogP contribution is 2.16. The van der Waals surface area contributed by atoms with Crippen molar-refractivity contribution in [3.8, 4) is 0 Å². The van der Waals surface area contributed by atoms with Crippen molar-refractivity contribution in [2.75, 3.05) is 13.6 Å². The van der Waals surface area contributed by atoms with Gasteiger partial charge in [-0.3, -0.25) is 14.5 Å². The number of carboxylic acids is 1. The van der Waals surface area contributed by atoms with Gasteiger partial charge in [0.2, 0.25) is 5.91 Å². The second kappa shape index (κ2) is 4.23. The van der Waals surface area contributed by atoms with Gasteiger partial charge < -0.3 is 10.4 Å². The van der Waals surface area contributed by atoms with Gasteiger partial charge in [0.15, 0.2) is 0 Å². The van der Waals surface area contributed by atoms with Gasteiger partial charge in [-0.05, 0) is 13.5 Å². The molecule has 2 N–H and O–H groups in total. The summed E-state index contributed by atoms with van der Waals surface area (Å²) < 4.78 is 0. The van der Waals surface area contributed by atoms with Gasteiger partial charge in [0, 0.05) is 12.1 Å². The van der Waals surface area contributed by atoms with Crippen LogP contribution in [-0.4, -0.2) is 41.5 Å². The first kappa shape index (κ1) is 10.7. The largest absolute Gasteiger partial charge is 0.480 e. The number of carbonyl (C=O) groups is 2. The zero-order chi connectivity index (χ0) is 10.7. The van der Waals surface area contributed by atoms with Crippen LogP contribution in [0.5, 0.6) is 0 Å². The quantitative estimate of drug-likeness (QED) is 0.658. The molecule has 1 aliphatic rings. The molecule has 0 bridgehead atoms. The maximum atomic E-state index is 11.0. The Morgan fingerprint density at radius 1 is 1.79 bits per heavy atom. The Morgan fingerprint density at radius 3 is 2.93 bits per heavy atom. The van der Waals surface area contributed by atoms with Crippen LogP contribution in [0, 0.1) is 0 Å². The summed E-state index contributed by atoms with van der Waals surface area (Å²) >= 11 is 0. The van der Waals surface area contributed by atoms with Crippen molar-refractivity contribution < 1.29 is 14.7 Å². The molecule has 0 aromatic rings. The van der Waals surface area contributed by atoms with Crippen molar-refractivity contribution in [1.29, 1.82) is 0 Å². The summed E-state index contributed by atoms with van der Waals surface area (Å²) in [4.78, 5) is 23.1. The van der Waals surface area contributed by atoms with E-state index in [-0.39, 0.29) is 18.5 Å². The number of rotatable bonds is 3. The normalized spacial score (nSPS) is 22.3. The molecule has 1 saturated heterocycles. The molecule has 1 aliphatic heterocycles. The molecule has 1 rings (SSSR count). The molecule has 0 spiro atoms. The van der Waals surface area contributed by atoms with Crippen molar-refractivity contribution in [2.24, 2.45) is 0 Å². The molecule has 0 aliphatic carbocycles. The van der Waals surface area contributed by atoms with Crippen LogP contribution < -0.4 is 5.32 Å². The van der Waals surface area contributed by atoms with Crippen LogP contribution >= 0.6 is 0 Å². The standard InChI is InChI=1S/C9H14N2O3/c1-6-7(3-4-8(12)10-6)11(2)5-9(13)14/h7H,1,3-5H2,2H3,(H,10,12)(H,13,14). The van der Waals surface area contributed by atoms with Crippen molar-refractivity contribution in [3.05, 3.63) is 12.3 Å². The Hall–Kier alpha value is -1.36. The minimum Gasteiger partial charge on any atom is -0.480 e. The summed E-state index contributed by atoms with van der Waals surface area (Å²) in [5, 5.41) is 11.2. The minimum absolute atomic E-state index is 0.0421. The number of carbonyl (C=O) groups excluding carboxylic acids is 1. The topological polar surface area (TPSA) is 69.6 Å². The number of nitrogens with zero attached hydrogens (tertiary/aromatic N) is 1. The zero-order valence-electron chi connectivity index (χ0n) is 8.12. The number of piperidine rings is 1. The number of amides is 1. The molecule has 0 aromatic carbocycles. The third-order valence-corrected chi connectivity index (χ3v) is 2.26. The Morgan fingerprint density at radius 2 is 2.43 bits per heavy atom. The van der Waals surface area contributed by atoms with Crippen molar-refractivity contribution >= 4 is 11.9 Å². The fourth-order valence-corrected chi connectivity index (χ4v) is 1.58. The second-order valence-corrected chi connectivity index (χ2v) is 3.44.